The Balaban J connectivity index is 1.45. The summed E-state index contributed by atoms with van der Waals surface area (Å²) >= 11 is 1.30. The Morgan fingerprint density at radius 2 is 1.97 bits per heavy atom. The second-order valence-electron chi connectivity index (χ2n) is 8.42. The Morgan fingerprint density at radius 3 is 2.70 bits per heavy atom. The van der Waals surface area contributed by atoms with Gasteiger partial charge in [-0.25, -0.2) is 0 Å². The number of hydrogen-bond donors (Lipinski definition) is 0. The van der Waals surface area contributed by atoms with Gasteiger partial charge in [0, 0.05) is 24.1 Å². The van der Waals surface area contributed by atoms with E-state index in [2.05, 4.69) is 19.1 Å². The standard InChI is InChI=1S/C23H26N2O4S/c1-16-17-12-19-20(29-11-10-28-19)13-18(17)23(7-3-4-8-23)15-24(16)21(26)14-30-22-6-2-5-9-25(22)27/h2,5-6,9,12-13,16H,3-4,7-8,10-11,14-15H2,1H3/t16-/m0/s1. The number of ether oxygens (including phenoxy) is 2. The maximum Gasteiger partial charge on any atom is 0.251 e. The van der Waals surface area contributed by atoms with Crippen LogP contribution in [-0.4, -0.2) is 36.3 Å². The summed E-state index contributed by atoms with van der Waals surface area (Å²) in [6.07, 6.45) is 5.99. The van der Waals surface area contributed by atoms with Gasteiger partial charge in [0.1, 0.15) is 13.2 Å². The van der Waals surface area contributed by atoms with E-state index in [1.165, 1.54) is 41.9 Å². The first kappa shape index (κ1) is 19.5. The lowest BCUT2D eigenvalue weighted by molar-refractivity contribution is -0.645. The van der Waals surface area contributed by atoms with Gasteiger partial charge in [-0.1, -0.05) is 12.8 Å². The molecule has 0 bridgehead atoms. The number of hydrogen-bond acceptors (Lipinski definition) is 5. The van der Waals surface area contributed by atoms with Crippen LogP contribution in [0.4, 0.5) is 0 Å². The molecule has 30 heavy (non-hydrogen) atoms. The molecule has 3 aliphatic rings. The van der Waals surface area contributed by atoms with E-state index in [1.807, 2.05) is 11.0 Å². The maximum atomic E-state index is 13.3. The van der Waals surface area contributed by atoms with Crippen molar-refractivity contribution < 1.29 is 19.0 Å². The molecule has 3 heterocycles. The van der Waals surface area contributed by atoms with Crippen molar-refractivity contribution in [2.24, 2.45) is 0 Å². The number of thioether (sulfide) groups is 1. The summed E-state index contributed by atoms with van der Waals surface area (Å²) < 4.78 is 12.5. The minimum atomic E-state index is -0.0368. The SMILES string of the molecule is C[C@H]1c2cc3c(cc2C2(CCCC2)CN1C(=O)CSc1cccc[n+]1[O-])OCCO3. The van der Waals surface area contributed by atoms with Crippen molar-refractivity contribution in [2.75, 3.05) is 25.5 Å². The van der Waals surface area contributed by atoms with E-state index in [0.29, 0.717) is 18.2 Å². The van der Waals surface area contributed by atoms with Crippen LogP contribution < -0.4 is 14.2 Å². The van der Waals surface area contributed by atoms with Gasteiger partial charge in [0.2, 0.25) is 5.91 Å². The van der Waals surface area contributed by atoms with Crippen molar-refractivity contribution >= 4 is 17.7 Å². The van der Waals surface area contributed by atoms with E-state index in [0.717, 1.165) is 35.6 Å². The third kappa shape index (κ3) is 3.29. The highest BCUT2D eigenvalue weighted by molar-refractivity contribution is 7.99. The summed E-state index contributed by atoms with van der Waals surface area (Å²) in [6.45, 7) is 3.95. The molecule has 5 rings (SSSR count). The van der Waals surface area contributed by atoms with Crippen molar-refractivity contribution in [3.63, 3.8) is 0 Å². The van der Waals surface area contributed by atoms with Gasteiger partial charge >= 0.3 is 0 Å². The lowest BCUT2D eigenvalue weighted by Crippen LogP contribution is -2.49. The van der Waals surface area contributed by atoms with Crippen LogP contribution in [0, 0.1) is 5.21 Å². The van der Waals surface area contributed by atoms with E-state index in [9.17, 15) is 10.0 Å². The van der Waals surface area contributed by atoms with Gasteiger partial charge in [-0.15, -0.1) is 0 Å². The first-order valence-corrected chi connectivity index (χ1v) is 11.6. The van der Waals surface area contributed by atoms with E-state index < -0.39 is 0 Å². The molecule has 0 radical (unpaired) electrons. The largest absolute Gasteiger partial charge is 0.618 e. The summed E-state index contributed by atoms with van der Waals surface area (Å²) in [4.78, 5) is 15.3. The van der Waals surface area contributed by atoms with E-state index in [4.69, 9.17) is 9.47 Å². The molecule has 6 nitrogen and oxygen atoms in total. The minimum Gasteiger partial charge on any atom is -0.618 e. The fraction of sp³-hybridized carbons (Fsp3) is 0.478. The number of pyridine rings is 1. The zero-order valence-corrected chi connectivity index (χ0v) is 18.0. The molecule has 2 aliphatic heterocycles. The number of aromatic nitrogens is 1. The maximum absolute atomic E-state index is 13.3. The molecule has 1 fully saturated rings. The van der Waals surface area contributed by atoms with E-state index in [1.54, 1.807) is 12.1 Å². The van der Waals surface area contributed by atoms with Crippen molar-refractivity contribution in [1.82, 2.24) is 4.90 Å². The van der Waals surface area contributed by atoms with Crippen molar-refractivity contribution in [3.8, 4) is 11.5 Å². The Morgan fingerprint density at radius 1 is 1.23 bits per heavy atom. The van der Waals surface area contributed by atoms with Crippen LogP contribution in [0.1, 0.15) is 49.8 Å². The molecule has 1 spiro atoms. The van der Waals surface area contributed by atoms with Gasteiger partial charge in [-0.05, 0) is 60.9 Å². The van der Waals surface area contributed by atoms with E-state index in [-0.39, 0.29) is 23.1 Å². The van der Waals surface area contributed by atoms with Crippen molar-refractivity contribution in [2.45, 2.75) is 49.1 Å². The average molecular weight is 427 g/mol. The lowest BCUT2D eigenvalue weighted by atomic mass is 9.71. The number of rotatable bonds is 3. The highest BCUT2D eigenvalue weighted by Crippen LogP contribution is 2.52. The van der Waals surface area contributed by atoms with Gasteiger partial charge in [-0.2, -0.15) is 4.73 Å². The van der Waals surface area contributed by atoms with Gasteiger partial charge < -0.3 is 19.6 Å². The number of benzene rings is 1. The molecule has 7 heteroatoms. The summed E-state index contributed by atoms with van der Waals surface area (Å²) in [5.41, 5.74) is 2.49. The molecule has 1 saturated carbocycles. The number of nitrogens with zero attached hydrogens (tertiary/aromatic N) is 2. The number of amides is 1. The molecule has 1 aromatic carbocycles. The minimum absolute atomic E-state index is 0.0107. The predicted molar refractivity (Wildman–Crippen MR) is 114 cm³/mol. The first-order valence-electron chi connectivity index (χ1n) is 10.6. The summed E-state index contributed by atoms with van der Waals surface area (Å²) in [7, 11) is 0. The van der Waals surface area contributed by atoms with Crippen LogP contribution in [0.25, 0.3) is 0 Å². The highest BCUT2D eigenvalue weighted by Gasteiger charge is 2.46. The molecule has 2 aromatic rings. The third-order valence-electron chi connectivity index (χ3n) is 6.69. The van der Waals surface area contributed by atoms with Gasteiger partial charge in [0.05, 0.1) is 11.8 Å². The fourth-order valence-electron chi connectivity index (χ4n) is 5.15. The van der Waals surface area contributed by atoms with Gasteiger partial charge in [0.25, 0.3) is 5.03 Å². The Hall–Kier alpha value is -2.41. The summed E-state index contributed by atoms with van der Waals surface area (Å²) in [6, 6.07) is 9.49. The number of fused-ring (bicyclic) bond motifs is 3. The Labute approximate surface area is 180 Å². The summed E-state index contributed by atoms with van der Waals surface area (Å²) in [5, 5.41) is 12.5. The quantitative estimate of drug-likeness (QED) is 0.426. The van der Waals surface area contributed by atoms with E-state index >= 15 is 0 Å². The molecule has 1 amide bonds. The van der Waals surface area contributed by atoms with Crippen LogP contribution in [0.15, 0.2) is 41.6 Å². The zero-order chi connectivity index (χ0) is 20.7. The van der Waals surface area contributed by atoms with Crippen LogP contribution in [0.2, 0.25) is 0 Å². The molecule has 1 aliphatic carbocycles. The monoisotopic (exact) mass is 426 g/mol. The van der Waals surface area contributed by atoms with Crippen LogP contribution in [0.5, 0.6) is 11.5 Å². The van der Waals surface area contributed by atoms with Crippen molar-refractivity contribution in [1.29, 1.82) is 0 Å². The zero-order valence-electron chi connectivity index (χ0n) is 17.1. The van der Waals surface area contributed by atoms with Gasteiger partial charge in [-0.3, -0.25) is 4.79 Å². The molecule has 1 aromatic heterocycles. The van der Waals surface area contributed by atoms with Crippen molar-refractivity contribution in [3.05, 3.63) is 52.9 Å². The van der Waals surface area contributed by atoms with Gasteiger partial charge in [0.15, 0.2) is 17.7 Å². The molecular formula is C23H26N2O4S. The molecule has 1 atom stereocenters. The average Bonchev–Trinajstić information content (AvgIpc) is 3.24. The molecule has 0 unspecified atom stereocenters. The Kier molecular flexibility index (Phi) is 5.01. The van der Waals surface area contributed by atoms with Crippen LogP contribution in [-0.2, 0) is 10.2 Å². The predicted octanol–water partition coefficient (Wildman–Crippen LogP) is 3.60. The van der Waals surface area contributed by atoms with Crippen LogP contribution >= 0.6 is 11.8 Å². The second kappa shape index (κ2) is 7.69. The smallest absolute Gasteiger partial charge is 0.251 e. The number of carbonyl (C=O) groups is 1. The fourth-order valence-corrected chi connectivity index (χ4v) is 5.95. The van der Waals surface area contributed by atoms with Crippen LogP contribution in [0.3, 0.4) is 0 Å². The Bertz CT molecular complexity index is 974. The summed E-state index contributed by atoms with van der Waals surface area (Å²) in [5.74, 6) is 1.94. The third-order valence-corrected chi connectivity index (χ3v) is 7.69. The lowest BCUT2D eigenvalue weighted by Gasteiger charge is -2.46. The molecular weight excluding hydrogens is 400 g/mol. The molecule has 158 valence electrons. The topological polar surface area (TPSA) is 65.7 Å². The highest BCUT2D eigenvalue weighted by atomic mass is 32.2. The number of carbonyl (C=O) groups excluding carboxylic acids is 1. The second-order valence-corrected chi connectivity index (χ2v) is 9.42. The molecule has 0 N–H and O–H groups in total. The first-order chi connectivity index (χ1) is 14.6. The molecule has 0 saturated heterocycles. The normalized spacial score (nSPS) is 21.5.